The summed E-state index contributed by atoms with van der Waals surface area (Å²) in [7, 11) is 1.36. The minimum Gasteiger partial charge on any atom is -0.494 e. The first-order valence-electron chi connectivity index (χ1n) is 10.4. The van der Waals surface area contributed by atoms with Crippen LogP contribution < -0.4 is 15.4 Å². The molecule has 4 aromatic rings. The monoisotopic (exact) mass is 458 g/mol. The molecule has 0 bridgehead atoms. The van der Waals surface area contributed by atoms with Gasteiger partial charge in [-0.1, -0.05) is 0 Å². The predicted octanol–water partition coefficient (Wildman–Crippen LogP) is 2.05. The Bertz CT molecular complexity index is 1360. The molecule has 1 aliphatic heterocycles. The highest BCUT2D eigenvalue weighted by atomic mass is 19.1. The van der Waals surface area contributed by atoms with Gasteiger partial charge in [0, 0.05) is 30.6 Å². The number of anilines is 2. The molecule has 1 aromatic carbocycles. The Morgan fingerprint density at radius 3 is 2.82 bits per heavy atom. The minimum atomic E-state index is -1.84. The first-order valence-corrected chi connectivity index (χ1v) is 10.4. The highest BCUT2D eigenvalue weighted by molar-refractivity contribution is 5.93. The molecule has 0 radical (unpaired) electrons. The van der Waals surface area contributed by atoms with E-state index in [2.05, 4.69) is 20.2 Å². The summed E-state index contributed by atoms with van der Waals surface area (Å²) in [6.07, 6.45) is 3.57. The topological polar surface area (TPSA) is 120 Å². The van der Waals surface area contributed by atoms with Gasteiger partial charge in [0.25, 0.3) is 0 Å². The van der Waals surface area contributed by atoms with E-state index in [0.717, 1.165) is 5.69 Å². The fraction of sp³-hybridized carbons (Fsp3) is 0.429. The molecule has 0 saturated carbocycles. The van der Waals surface area contributed by atoms with Gasteiger partial charge in [-0.05, 0) is 19.9 Å². The predicted molar refractivity (Wildman–Crippen MR) is 117 cm³/mol. The molecule has 174 valence electrons. The molecule has 3 N–H and O–H groups in total. The van der Waals surface area contributed by atoms with Crippen molar-refractivity contribution in [2.45, 2.75) is 38.1 Å². The summed E-state index contributed by atoms with van der Waals surface area (Å²) >= 11 is 0. The van der Waals surface area contributed by atoms with Gasteiger partial charge in [0.2, 0.25) is 5.95 Å². The van der Waals surface area contributed by atoms with E-state index in [1.807, 2.05) is 4.90 Å². The van der Waals surface area contributed by atoms with Crippen molar-refractivity contribution in [2.24, 2.45) is 0 Å². The van der Waals surface area contributed by atoms with Crippen LogP contribution in [-0.4, -0.2) is 60.3 Å². The molecule has 1 atom stereocenters. The lowest BCUT2D eigenvalue weighted by Crippen LogP contribution is -2.28. The van der Waals surface area contributed by atoms with E-state index < -0.39 is 17.1 Å². The molecule has 4 heterocycles. The number of alkyl halides is 1. The Morgan fingerprint density at radius 2 is 2.09 bits per heavy atom. The van der Waals surface area contributed by atoms with Crippen LogP contribution >= 0.6 is 0 Å². The Balaban J connectivity index is 1.48. The summed E-state index contributed by atoms with van der Waals surface area (Å²) in [6.45, 7) is 4.15. The normalized spacial score (nSPS) is 19.2. The van der Waals surface area contributed by atoms with E-state index in [4.69, 9.17) is 10.5 Å². The van der Waals surface area contributed by atoms with E-state index in [-0.39, 0.29) is 36.1 Å². The zero-order valence-electron chi connectivity index (χ0n) is 18.5. The third-order valence-electron chi connectivity index (χ3n) is 5.72. The van der Waals surface area contributed by atoms with Crippen LogP contribution in [0.5, 0.6) is 5.75 Å². The maximum atomic E-state index is 16.0. The van der Waals surface area contributed by atoms with Gasteiger partial charge in [-0.25, -0.2) is 18.7 Å². The number of aromatic nitrogens is 6. The standard InChI is InChI=1S/C21H24F2N8O2/c1-20(2,32)10-30-9-12(8-25-30)29-5-4-21(23,11-29)18-27-17-13-6-14(22)16(33-3)7-15(13)26-19(24)31(17)28-18/h6-9,32H,4-5,10-11H2,1-3H3,(H2,24,26)/t21-/m1/s1. The van der Waals surface area contributed by atoms with E-state index in [1.54, 1.807) is 30.9 Å². The largest absolute Gasteiger partial charge is 0.494 e. The summed E-state index contributed by atoms with van der Waals surface area (Å²) in [5, 5.41) is 18.9. The van der Waals surface area contributed by atoms with Gasteiger partial charge in [0.15, 0.2) is 28.7 Å². The van der Waals surface area contributed by atoms with Gasteiger partial charge < -0.3 is 20.5 Å². The second kappa shape index (κ2) is 7.24. The highest BCUT2D eigenvalue weighted by Crippen LogP contribution is 2.37. The maximum Gasteiger partial charge on any atom is 0.223 e. The van der Waals surface area contributed by atoms with Gasteiger partial charge in [-0.3, -0.25) is 4.68 Å². The van der Waals surface area contributed by atoms with Crippen LogP contribution in [0.4, 0.5) is 20.4 Å². The zero-order chi connectivity index (χ0) is 23.5. The summed E-state index contributed by atoms with van der Waals surface area (Å²) in [5.74, 6) is -0.590. The molecule has 0 spiro atoms. The third-order valence-corrected chi connectivity index (χ3v) is 5.72. The molecule has 1 saturated heterocycles. The fourth-order valence-corrected chi connectivity index (χ4v) is 4.15. The second-order valence-corrected chi connectivity index (χ2v) is 8.99. The van der Waals surface area contributed by atoms with Gasteiger partial charge in [-0.2, -0.15) is 9.61 Å². The van der Waals surface area contributed by atoms with E-state index >= 15 is 4.39 Å². The van der Waals surface area contributed by atoms with Crippen molar-refractivity contribution in [3.8, 4) is 5.75 Å². The molecular formula is C21H24F2N8O2. The molecule has 5 rings (SSSR count). The number of halogens is 2. The lowest BCUT2D eigenvalue weighted by molar-refractivity contribution is 0.0577. The Labute approximate surface area is 187 Å². The third kappa shape index (κ3) is 3.69. The number of ether oxygens (including phenoxy) is 1. The summed E-state index contributed by atoms with van der Waals surface area (Å²) < 4.78 is 38.2. The summed E-state index contributed by atoms with van der Waals surface area (Å²) in [6, 6.07) is 2.65. The number of hydrogen-bond acceptors (Lipinski definition) is 8. The van der Waals surface area contributed by atoms with Gasteiger partial charge in [-0.15, -0.1) is 5.10 Å². The van der Waals surface area contributed by atoms with Crippen molar-refractivity contribution in [1.82, 2.24) is 29.4 Å². The number of nitrogen functional groups attached to an aromatic ring is 1. The highest BCUT2D eigenvalue weighted by Gasteiger charge is 2.44. The molecular weight excluding hydrogens is 434 g/mol. The number of fused-ring (bicyclic) bond motifs is 3. The first kappa shape index (κ1) is 21.3. The number of benzene rings is 1. The smallest absolute Gasteiger partial charge is 0.223 e. The molecule has 0 unspecified atom stereocenters. The average Bonchev–Trinajstić information content (AvgIpc) is 3.46. The Kier molecular flexibility index (Phi) is 4.67. The minimum absolute atomic E-state index is 0.0104. The number of nitrogens with two attached hydrogens (primary N) is 1. The molecule has 33 heavy (non-hydrogen) atoms. The molecule has 0 amide bonds. The summed E-state index contributed by atoms with van der Waals surface area (Å²) in [4.78, 5) is 10.5. The quantitative estimate of drug-likeness (QED) is 0.466. The molecule has 1 fully saturated rings. The number of aliphatic hydroxyl groups is 1. The van der Waals surface area contributed by atoms with Crippen LogP contribution in [0, 0.1) is 5.82 Å². The van der Waals surface area contributed by atoms with Crippen molar-refractivity contribution in [3.05, 3.63) is 36.2 Å². The van der Waals surface area contributed by atoms with Crippen molar-refractivity contribution in [3.63, 3.8) is 0 Å². The number of rotatable bonds is 5. The van der Waals surface area contributed by atoms with Crippen molar-refractivity contribution in [2.75, 3.05) is 30.8 Å². The Hall–Kier alpha value is -3.54. The maximum absolute atomic E-state index is 16.0. The molecule has 1 aliphatic rings. The Morgan fingerprint density at radius 1 is 1.30 bits per heavy atom. The van der Waals surface area contributed by atoms with E-state index in [1.165, 1.54) is 23.8 Å². The molecule has 10 nitrogen and oxygen atoms in total. The first-order chi connectivity index (χ1) is 15.6. The molecule has 3 aromatic heterocycles. The number of hydrogen-bond donors (Lipinski definition) is 2. The van der Waals surface area contributed by atoms with Crippen LogP contribution in [0.1, 0.15) is 26.1 Å². The van der Waals surface area contributed by atoms with Crippen LogP contribution in [0.25, 0.3) is 16.6 Å². The van der Waals surface area contributed by atoms with Crippen LogP contribution in [-0.2, 0) is 12.2 Å². The van der Waals surface area contributed by atoms with Crippen LogP contribution in [0.3, 0.4) is 0 Å². The molecule has 12 heteroatoms. The lowest BCUT2D eigenvalue weighted by Gasteiger charge is -2.19. The summed E-state index contributed by atoms with van der Waals surface area (Å²) in [5.41, 5.74) is 4.61. The molecule has 0 aliphatic carbocycles. The van der Waals surface area contributed by atoms with Gasteiger partial charge in [0.1, 0.15) is 0 Å². The van der Waals surface area contributed by atoms with E-state index in [9.17, 15) is 9.50 Å². The van der Waals surface area contributed by atoms with E-state index in [0.29, 0.717) is 24.0 Å². The number of nitrogens with zero attached hydrogens (tertiary/aromatic N) is 7. The van der Waals surface area contributed by atoms with Crippen LogP contribution in [0.15, 0.2) is 24.5 Å². The second-order valence-electron chi connectivity index (χ2n) is 8.99. The zero-order valence-corrected chi connectivity index (χ0v) is 18.5. The fourth-order valence-electron chi connectivity index (χ4n) is 4.15. The SMILES string of the molecule is COc1cc2nc(N)n3nc([C@@]4(F)CCN(c5cnn(CC(C)(C)O)c5)C4)nc3c2cc1F. The van der Waals surface area contributed by atoms with Crippen molar-refractivity contribution in [1.29, 1.82) is 0 Å². The van der Waals surface area contributed by atoms with Crippen molar-refractivity contribution < 1.29 is 18.6 Å². The average molecular weight is 458 g/mol. The number of methoxy groups -OCH3 is 1. The van der Waals surface area contributed by atoms with Gasteiger partial charge in [0.05, 0.1) is 43.2 Å². The van der Waals surface area contributed by atoms with Gasteiger partial charge >= 0.3 is 0 Å². The van der Waals surface area contributed by atoms with Crippen LogP contribution in [0.2, 0.25) is 0 Å². The van der Waals surface area contributed by atoms with Crippen molar-refractivity contribution >= 4 is 28.2 Å². The lowest BCUT2D eigenvalue weighted by atomic mass is 10.1.